The minimum Gasteiger partial charge on any atom is -0.484 e. The van der Waals surface area contributed by atoms with E-state index in [1.807, 2.05) is 26.0 Å². The van der Waals surface area contributed by atoms with E-state index in [0.717, 1.165) is 11.1 Å². The first-order valence-electron chi connectivity index (χ1n) is 11.4. The molecule has 4 aromatic rings. The number of hydrogen-bond acceptors (Lipinski definition) is 6. The van der Waals surface area contributed by atoms with Gasteiger partial charge in [0, 0.05) is 23.0 Å². The molecule has 0 unspecified atom stereocenters. The summed E-state index contributed by atoms with van der Waals surface area (Å²) in [6.45, 7) is 5.16. The van der Waals surface area contributed by atoms with Gasteiger partial charge in [-0.1, -0.05) is 24.3 Å². The van der Waals surface area contributed by atoms with Crippen LogP contribution in [0, 0.1) is 20.8 Å². The monoisotopic (exact) mass is 518 g/mol. The molecule has 0 aliphatic rings. The second kappa shape index (κ2) is 10.7. The molecule has 0 radical (unpaired) electrons. The second-order valence-electron chi connectivity index (χ2n) is 8.55. The van der Waals surface area contributed by atoms with Gasteiger partial charge in [0.15, 0.2) is 6.61 Å². The molecule has 0 aliphatic carbocycles. The highest BCUT2D eigenvalue weighted by Gasteiger charge is 2.16. The lowest BCUT2D eigenvalue weighted by molar-refractivity contribution is -0.118. The average Bonchev–Trinajstić information content (AvgIpc) is 2.85. The number of benzene rings is 3. The Labute approximate surface area is 214 Å². The maximum absolute atomic E-state index is 12.8. The lowest BCUT2D eigenvalue weighted by atomic mass is 10.1. The minimum atomic E-state index is -3.79. The Morgan fingerprint density at radius 3 is 2.46 bits per heavy atom. The summed E-state index contributed by atoms with van der Waals surface area (Å²) < 4.78 is 33.7. The summed E-state index contributed by atoms with van der Waals surface area (Å²) in [5.74, 6) is 0.340. The molecule has 0 spiro atoms. The van der Waals surface area contributed by atoms with E-state index in [2.05, 4.69) is 20.0 Å². The number of sulfonamides is 1. The second-order valence-corrected chi connectivity index (χ2v) is 10.2. The van der Waals surface area contributed by atoms with Crippen molar-refractivity contribution in [1.82, 2.24) is 9.97 Å². The fourth-order valence-electron chi connectivity index (χ4n) is 3.57. The smallest absolute Gasteiger partial charge is 0.262 e. The van der Waals surface area contributed by atoms with Gasteiger partial charge in [0.1, 0.15) is 11.6 Å². The number of aromatic nitrogens is 2. The summed E-state index contributed by atoms with van der Waals surface area (Å²) in [6, 6.07) is 19.7. The van der Waals surface area contributed by atoms with Gasteiger partial charge in [0.05, 0.1) is 10.6 Å². The zero-order chi connectivity index (χ0) is 26.6. The Morgan fingerprint density at radius 2 is 1.73 bits per heavy atom. The number of nitrogens with one attached hydrogen (secondary N) is 3. The summed E-state index contributed by atoms with van der Waals surface area (Å²) in [5.41, 5.74) is 3.75. The van der Waals surface area contributed by atoms with Crippen LogP contribution < -0.4 is 20.3 Å². The number of carbonyl (C=O) groups is 1. The molecule has 0 saturated carbocycles. The van der Waals surface area contributed by atoms with Crippen molar-refractivity contribution >= 4 is 27.3 Å². The molecule has 0 bridgehead atoms. The van der Waals surface area contributed by atoms with Gasteiger partial charge in [-0.25, -0.2) is 13.4 Å². The highest BCUT2D eigenvalue weighted by atomic mass is 32.2. The van der Waals surface area contributed by atoms with E-state index in [1.165, 1.54) is 30.3 Å². The number of H-pyrrole nitrogens is 1. The SMILES string of the molecule is Cc1ccc(C)c(NS(=O)(=O)c2ccc(OCC(=O)Nc3cccc(-c4nc(C)cc(=O)[nH]4)c3)cc2)c1. The van der Waals surface area contributed by atoms with E-state index in [9.17, 15) is 18.0 Å². The zero-order valence-corrected chi connectivity index (χ0v) is 21.3. The molecule has 1 heterocycles. The van der Waals surface area contributed by atoms with Crippen LogP contribution in [0.5, 0.6) is 5.75 Å². The van der Waals surface area contributed by atoms with Gasteiger partial charge < -0.3 is 15.0 Å². The molecule has 1 aromatic heterocycles. The summed E-state index contributed by atoms with van der Waals surface area (Å²) in [5, 5.41) is 2.73. The van der Waals surface area contributed by atoms with Crippen LogP contribution in [-0.4, -0.2) is 30.9 Å². The van der Waals surface area contributed by atoms with Crippen LogP contribution in [0.4, 0.5) is 11.4 Å². The molecule has 0 saturated heterocycles. The molecule has 37 heavy (non-hydrogen) atoms. The van der Waals surface area contributed by atoms with Gasteiger partial charge in [0.25, 0.3) is 21.5 Å². The molecular weight excluding hydrogens is 492 g/mol. The Kier molecular flexibility index (Phi) is 7.40. The molecule has 0 aliphatic heterocycles. The number of rotatable bonds is 8. The predicted octanol–water partition coefficient (Wildman–Crippen LogP) is 4.18. The van der Waals surface area contributed by atoms with Crippen LogP contribution in [0.1, 0.15) is 16.8 Å². The molecule has 10 heteroatoms. The number of aryl methyl sites for hydroxylation is 3. The van der Waals surface area contributed by atoms with E-state index in [0.29, 0.717) is 34.2 Å². The van der Waals surface area contributed by atoms with Gasteiger partial charge >= 0.3 is 0 Å². The largest absolute Gasteiger partial charge is 0.484 e. The fourth-order valence-corrected chi connectivity index (χ4v) is 4.69. The number of hydrogen-bond donors (Lipinski definition) is 3. The van der Waals surface area contributed by atoms with Crippen molar-refractivity contribution in [3.8, 4) is 17.1 Å². The summed E-state index contributed by atoms with van der Waals surface area (Å²) in [4.78, 5) is 31.2. The zero-order valence-electron chi connectivity index (χ0n) is 20.5. The van der Waals surface area contributed by atoms with Gasteiger partial charge in [0.2, 0.25) is 0 Å². The molecule has 0 atom stereocenters. The van der Waals surface area contributed by atoms with Crippen molar-refractivity contribution in [1.29, 1.82) is 0 Å². The van der Waals surface area contributed by atoms with E-state index in [1.54, 1.807) is 37.3 Å². The Bertz CT molecular complexity index is 1610. The van der Waals surface area contributed by atoms with Crippen molar-refractivity contribution in [3.63, 3.8) is 0 Å². The highest BCUT2D eigenvalue weighted by Crippen LogP contribution is 2.23. The first kappa shape index (κ1) is 25.6. The van der Waals surface area contributed by atoms with Crippen LogP contribution in [0.25, 0.3) is 11.4 Å². The number of anilines is 2. The maximum Gasteiger partial charge on any atom is 0.262 e. The van der Waals surface area contributed by atoms with Crippen LogP contribution in [-0.2, 0) is 14.8 Å². The minimum absolute atomic E-state index is 0.0739. The maximum atomic E-state index is 12.8. The van der Waals surface area contributed by atoms with Crippen LogP contribution in [0.3, 0.4) is 0 Å². The molecule has 3 N–H and O–H groups in total. The molecule has 190 valence electrons. The Balaban J connectivity index is 1.37. The number of aromatic amines is 1. The quantitative estimate of drug-likeness (QED) is 0.321. The van der Waals surface area contributed by atoms with Gasteiger partial charge in [-0.3, -0.25) is 14.3 Å². The van der Waals surface area contributed by atoms with Crippen LogP contribution >= 0.6 is 0 Å². The van der Waals surface area contributed by atoms with E-state index < -0.39 is 15.9 Å². The molecule has 4 rings (SSSR count). The summed E-state index contributed by atoms with van der Waals surface area (Å²) in [6.07, 6.45) is 0. The van der Waals surface area contributed by atoms with Crippen molar-refractivity contribution in [2.24, 2.45) is 0 Å². The molecular formula is C27H26N4O5S. The third-order valence-electron chi connectivity index (χ3n) is 5.43. The van der Waals surface area contributed by atoms with Gasteiger partial charge in [-0.15, -0.1) is 0 Å². The number of amides is 1. The van der Waals surface area contributed by atoms with Gasteiger partial charge in [-0.05, 0) is 74.4 Å². The van der Waals surface area contributed by atoms with Crippen molar-refractivity contribution < 1.29 is 17.9 Å². The third-order valence-corrected chi connectivity index (χ3v) is 6.81. The first-order chi connectivity index (χ1) is 17.6. The predicted molar refractivity (Wildman–Crippen MR) is 142 cm³/mol. The lowest BCUT2D eigenvalue weighted by Crippen LogP contribution is -2.20. The van der Waals surface area contributed by atoms with Gasteiger partial charge in [-0.2, -0.15) is 0 Å². The molecule has 1 amide bonds. The van der Waals surface area contributed by atoms with Crippen molar-refractivity contribution in [2.75, 3.05) is 16.6 Å². The molecule has 3 aromatic carbocycles. The summed E-state index contributed by atoms with van der Waals surface area (Å²) in [7, 11) is -3.79. The van der Waals surface area contributed by atoms with E-state index in [-0.39, 0.29) is 17.1 Å². The molecule has 0 fully saturated rings. The fraction of sp³-hybridized carbons (Fsp3) is 0.148. The summed E-state index contributed by atoms with van der Waals surface area (Å²) >= 11 is 0. The number of carbonyl (C=O) groups excluding carboxylic acids is 1. The third kappa shape index (κ3) is 6.62. The molecule has 9 nitrogen and oxygen atoms in total. The number of nitrogens with zero attached hydrogens (tertiary/aromatic N) is 1. The Hall–Kier alpha value is -4.44. The Morgan fingerprint density at radius 1 is 0.973 bits per heavy atom. The first-order valence-corrected chi connectivity index (χ1v) is 12.9. The highest BCUT2D eigenvalue weighted by molar-refractivity contribution is 7.92. The van der Waals surface area contributed by atoms with Crippen LogP contribution in [0.2, 0.25) is 0 Å². The van der Waals surface area contributed by atoms with E-state index >= 15 is 0 Å². The standard InChI is InChI=1S/C27H26N4O5S/c1-17-7-8-18(2)24(13-17)31-37(34,35)23-11-9-22(10-12-23)36-16-26(33)29-21-6-4-5-20(15-21)27-28-19(3)14-25(32)30-27/h4-15,31H,16H2,1-3H3,(H,29,33)(H,28,30,32). The van der Waals surface area contributed by atoms with E-state index in [4.69, 9.17) is 4.74 Å². The number of ether oxygens (including phenoxy) is 1. The van der Waals surface area contributed by atoms with Crippen molar-refractivity contribution in [2.45, 2.75) is 25.7 Å². The van der Waals surface area contributed by atoms with Crippen molar-refractivity contribution in [3.05, 3.63) is 100.0 Å². The lowest BCUT2D eigenvalue weighted by Gasteiger charge is -2.12. The van der Waals surface area contributed by atoms with Crippen LogP contribution in [0.15, 0.2) is 82.5 Å². The normalized spacial score (nSPS) is 11.1. The topological polar surface area (TPSA) is 130 Å². The average molecular weight is 519 g/mol.